The van der Waals surface area contributed by atoms with Crippen LogP contribution in [-0.2, 0) is 19.8 Å². The number of nitrogens with zero attached hydrogens (tertiary/aromatic N) is 4. The first-order chi connectivity index (χ1) is 14.7. The van der Waals surface area contributed by atoms with Crippen molar-refractivity contribution < 1.29 is 27.1 Å². The zero-order valence-corrected chi connectivity index (χ0v) is 17.3. The highest BCUT2D eigenvalue weighted by molar-refractivity contribution is 5.70. The summed E-state index contributed by atoms with van der Waals surface area (Å²) in [6.45, 7) is 5.26. The van der Waals surface area contributed by atoms with Crippen LogP contribution in [0.5, 0.6) is 5.88 Å². The van der Waals surface area contributed by atoms with Crippen molar-refractivity contribution in [3.63, 3.8) is 0 Å². The van der Waals surface area contributed by atoms with Crippen molar-refractivity contribution in [3.8, 4) is 5.88 Å². The number of aryl methyl sites for hydroxylation is 1. The van der Waals surface area contributed by atoms with Crippen molar-refractivity contribution in [2.45, 2.75) is 19.6 Å². The summed E-state index contributed by atoms with van der Waals surface area (Å²) in [6, 6.07) is 2.80. The van der Waals surface area contributed by atoms with E-state index in [0.717, 1.165) is 31.8 Å². The second-order valence-corrected chi connectivity index (χ2v) is 8.28. The van der Waals surface area contributed by atoms with Crippen LogP contribution in [0.4, 0.5) is 22.4 Å². The second-order valence-electron chi connectivity index (χ2n) is 8.28. The van der Waals surface area contributed by atoms with Crippen molar-refractivity contribution in [2.24, 2.45) is 24.8 Å². The summed E-state index contributed by atoms with van der Waals surface area (Å²) in [5.74, 6) is 0.00528. The van der Waals surface area contributed by atoms with Crippen molar-refractivity contribution in [2.75, 3.05) is 26.2 Å². The number of likely N-dealkylation sites (tertiary alicyclic amines) is 1. The molecule has 2 aromatic rings. The molecule has 1 aromatic heterocycles. The van der Waals surface area contributed by atoms with Crippen LogP contribution in [0.2, 0.25) is 0 Å². The summed E-state index contributed by atoms with van der Waals surface area (Å²) in [5.41, 5.74) is -1.15. The Kier molecular flexibility index (Phi) is 5.67. The Bertz CT molecular complexity index is 949. The quantitative estimate of drug-likeness (QED) is 0.642. The van der Waals surface area contributed by atoms with Crippen molar-refractivity contribution in [3.05, 3.63) is 47.7 Å². The standard InChI is InChI=1S/C21H24F4N4O2/c1-3-28-8-14-15(9-28)16(14)10-29(20(30)31-19-11-27(2)12-26-19)7-13-4-5-18(22)17(6-13)21(23,24)25/h4-6,11-12,14-16H,3,7-10H2,1-2H3. The Morgan fingerprint density at radius 1 is 1.29 bits per heavy atom. The highest BCUT2D eigenvalue weighted by atomic mass is 19.4. The van der Waals surface area contributed by atoms with Crippen LogP contribution in [0.15, 0.2) is 30.7 Å². The average molecular weight is 440 g/mol. The van der Waals surface area contributed by atoms with E-state index in [9.17, 15) is 22.4 Å². The number of alkyl halides is 3. The lowest BCUT2D eigenvalue weighted by Gasteiger charge is -2.24. The Morgan fingerprint density at radius 3 is 2.58 bits per heavy atom. The summed E-state index contributed by atoms with van der Waals surface area (Å²) in [6.07, 6.45) is -2.49. The summed E-state index contributed by atoms with van der Waals surface area (Å²) in [4.78, 5) is 20.5. The first kappa shape index (κ1) is 21.6. The molecule has 1 amide bonds. The number of aromatic nitrogens is 2. The monoisotopic (exact) mass is 440 g/mol. The topological polar surface area (TPSA) is 50.6 Å². The summed E-state index contributed by atoms with van der Waals surface area (Å²) >= 11 is 0. The molecule has 1 aliphatic carbocycles. The third kappa shape index (κ3) is 4.68. The number of benzene rings is 1. The Balaban J connectivity index is 1.51. The second kappa shape index (κ2) is 8.14. The van der Waals surface area contributed by atoms with Gasteiger partial charge in [0.25, 0.3) is 0 Å². The lowest BCUT2D eigenvalue weighted by atomic mass is 10.1. The van der Waals surface area contributed by atoms with Crippen LogP contribution in [0.25, 0.3) is 0 Å². The molecule has 2 fully saturated rings. The molecule has 1 aromatic carbocycles. The molecule has 0 bridgehead atoms. The van der Waals surface area contributed by atoms with Gasteiger partial charge in [0.1, 0.15) is 5.82 Å². The molecule has 0 N–H and O–H groups in total. The molecule has 1 aliphatic heterocycles. The number of carbonyl (C=O) groups is 1. The van der Waals surface area contributed by atoms with Crippen LogP contribution in [-0.4, -0.2) is 51.6 Å². The maximum Gasteiger partial charge on any atom is 0.419 e. The molecule has 2 heterocycles. The van der Waals surface area contributed by atoms with Crippen LogP contribution in [0.3, 0.4) is 0 Å². The third-order valence-corrected chi connectivity index (χ3v) is 6.17. The van der Waals surface area contributed by atoms with Gasteiger partial charge >= 0.3 is 12.3 Å². The number of amides is 1. The SMILES string of the molecule is CCN1CC2C(C1)C2CN(Cc1ccc(F)c(C(F)(F)F)c1)C(=O)Oc1cn(C)cn1. The normalized spacial score (nSPS) is 23.0. The van der Waals surface area contributed by atoms with E-state index in [4.69, 9.17) is 4.74 Å². The number of fused-ring (bicyclic) bond motifs is 1. The molecule has 2 unspecified atom stereocenters. The van der Waals surface area contributed by atoms with Gasteiger partial charge in [0, 0.05) is 33.2 Å². The van der Waals surface area contributed by atoms with E-state index in [1.165, 1.54) is 23.5 Å². The van der Waals surface area contributed by atoms with Crippen molar-refractivity contribution in [1.29, 1.82) is 0 Å². The molecule has 10 heteroatoms. The van der Waals surface area contributed by atoms with Crippen LogP contribution in [0, 0.1) is 23.6 Å². The summed E-state index contributed by atoms with van der Waals surface area (Å²) < 4.78 is 59.9. The van der Waals surface area contributed by atoms with Crippen molar-refractivity contribution >= 4 is 6.09 Å². The molecule has 6 nitrogen and oxygen atoms in total. The minimum Gasteiger partial charge on any atom is -0.389 e. The average Bonchev–Trinajstić information content (AvgIpc) is 3.04. The van der Waals surface area contributed by atoms with Crippen LogP contribution >= 0.6 is 0 Å². The number of hydrogen-bond acceptors (Lipinski definition) is 4. The Hall–Kier alpha value is -2.62. The number of hydrogen-bond donors (Lipinski definition) is 0. The Morgan fingerprint density at radius 2 is 2.00 bits per heavy atom. The molecule has 2 aliphatic rings. The zero-order chi connectivity index (χ0) is 22.3. The van der Waals surface area contributed by atoms with Crippen molar-refractivity contribution in [1.82, 2.24) is 19.4 Å². The van der Waals surface area contributed by atoms with Gasteiger partial charge in [-0.1, -0.05) is 13.0 Å². The van der Waals surface area contributed by atoms with E-state index in [1.54, 1.807) is 11.6 Å². The third-order valence-electron chi connectivity index (χ3n) is 6.17. The molecule has 4 rings (SSSR count). The predicted molar refractivity (Wildman–Crippen MR) is 104 cm³/mol. The first-order valence-corrected chi connectivity index (χ1v) is 10.2. The van der Waals surface area contributed by atoms with Gasteiger partial charge in [-0.15, -0.1) is 0 Å². The minimum atomic E-state index is -4.81. The van der Waals surface area contributed by atoms with Gasteiger partial charge in [-0.25, -0.2) is 14.2 Å². The maximum atomic E-state index is 13.7. The van der Waals surface area contributed by atoms with Gasteiger partial charge in [-0.2, -0.15) is 13.2 Å². The molecular weight excluding hydrogens is 416 g/mol. The van der Waals surface area contributed by atoms with Gasteiger partial charge in [0.15, 0.2) is 0 Å². The van der Waals surface area contributed by atoms with E-state index in [0.29, 0.717) is 18.4 Å². The van der Waals surface area contributed by atoms with E-state index < -0.39 is 23.7 Å². The molecular formula is C21H24F4N4O2. The number of piperidine rings is 1. The smallest absolute Gasteiger partial charge is 0.389 e. The van der Waals surface area contributed by atoms with Crippen LogP contribution in [0.1, 0.15) is 18.1 Å². The highest BCUT2D eigenvalue weighted by Gasteiger charge is 2.55. The fraction of sp³-hybridized carbons (Fsp3) is 0.524. The molecule has 0 spiro atoms. The van der Waals surface area contributed by atoms with E-state index in [-0.39, 0.29) is 23.9 Å². The molecule has 1 saturated heterocycles. The fourth-order valence-corrected chi connectivity index (χ4v) is 4.43. The minimum absolute atomic E-state index is 0.109. The number of halogens is 4. The Labute approximate surface area is 177 Å². The lowest BCUT2D eigenvalue weighted by molar-refractivity contribution is -0.140. The van der Waals surface area contributed by atoms with Gasteiger partial charge in [0.2, 0.25) is 5.88 Å². The molecule has 31 heavy (non-hydrogen) atoms. The van der Waals surface area contributed by atoms with Gasteiger partial charge in [0.05, 0.1) is 18.1 Å². The van der Waals surface area contributed by atoms with E-state index >= 15 is 0 Å². The number of ether oxygens (including phenoxy) is 1. The van der Waals surface area contributed by atoms with Gasteiger partial charge in [-0.05, 0) is 42.0 Å². The molecule has 0 radical (unpaired) electrons. The molecule has 1 saturated carbocycles. The predicted octanol–water partition coefficient (Wildman–Crippen LogP) is 3.78. The van der Waals surface area contributed by atoms with E-state index in [2.05, 4.69) is 16.8 Å². The molecule has 2 atom stereocenters. The maximum absolute atomic E-state index is 13.7. The first-order valence-electron chi connectivity index (χ1n) is 10.2. The van der Waals surface area contributed by atoms with Gasteiger partial charge in [-0.3, -0.25) is 0 Å². The fourth-order valence-electron chi connectivity index (χ4n) is 4.43. The number of rotatable bonds is 6. The highest BCUT2D eigenvalue weighted by Crippen LogP contribution is 2.52. The number of imidazole rings is 1. The number of carbonyl (C=O) groups excluding carboxylic acids is 1. The zero-order valence-electron chi connectivity index (χ0n) is 17.3. The largest absolute Gasteiger partial charge is 0.419 e. The molecule has 168 valence electrons. The summed E-state index contributed by atoms with van der Waals surface area (Å²) in [5, 5.41) is 0. The van der Waals surface area contributed by atoms with Gasteiger partial charge < -0.3 is 19.1 Å². The van der Waals surface area contributed by atoms with Crippen LogP contribution < -0.4 is 4.74 Å². The van der Waals surface area contributed by atoms with E-state index in [1.807, 2.05) is 0 Å². The summed E-state index contributed by atoms with van der Waals surface area (Å²) in [7, 11) is 1.73. The lowest BCUT2D eigenvalue weighted by Crippen LogP contribution is -2.37.